The molecule has 2 heteroatoms. The zero-order chi connectivity index (χ0) is 32.4. The Morgan fingerprint density at radius 2 is 1.10 bits per heavy atom. The van der Waals surface area contributed by atoms with E-state index in [4.69, 9.17) is 4.42 Å². The molecule has 0 unspecified atom stereocenters. The normalized spacial score (nSPS) is 13.1. The fourth-order valence-corrected chi connectivity index (χ4v) is 7.78. The Hall–Kier alpha value is -5.86. The van der Waals surface area contributed by atoms with Gasteiger partial charge in [-0.15, -0.1) is 0 Å². The first-order valence-electron chi connectivity index (χ1n) is 16.7. The molecule has 1 aliphatic rings. The summed E-state index contributed by atoms with van der Waals surface area (Å²) >= 11 is 0. The summed E-state index contributed by atoms with van der Waals surface area (Å²) in [6.45, 7) is 6.80. The van der Waals surface area contributed by atoms with Crippen molar-refractivity contribution < 1.29 is 4.42 Å². The fourth-order valence-electron chi connectivity index (χ4n) is 7.78. The van der Waals surface area contributed by atoms with Gasteiger partial charge in [-0.05, 0) is 76.2 Å². The lowest BCUT2D eigenvalue weighted by Gasteiger charge is -2.29. The molecule has 2 nitrogen and oxygen atoms in total. The monoisotopic (exact) mass is 617 g/mol. The van der Waals surface area contributed by atoms with E-state index in [1.54, 1.807) is 0 Å². The maximum absolute atomic E-state index is 6.60. The number of furan rings is 1. The third-order valence-electron chi connectivity index (χ3n) is 10.2. The minimum absolute atomic E-state index is 0.0955. The second-order valence-corrected chi connectivity index (χ2v) is 13.4. The lowest BCUT2D eigenvalue weighted by atomic mass is 9.82. The third kappa shape index (κ3) is 4.33. The average Bonchev–Trinajstić information content (AvgIpc) is 3.63. The zero-order valence-electron chi connectivity index (χ0n) is 27.4. The summed E-state index contributed by atoms with van der Waals surface area (Å²) in [5, 5.41) is 2.30. The maximum atomic E-state index is 6.60. The van der Waals surface area contributed by atoms with Gasteiger partial charge < -0.3 is 9.32 Å². The highest BCUT2D eigenvalue weighted by molar-refractivity contribution is 6.10. The molecule has 8 aromatic rings. The van der Waals surface area contributed by atoms with Crippen LogP contribution in [0.1, 0.15) is 30.5 Å². The Morgan fingerprint density at radius 3 is 1.94 bits per heavy atom. The van der Waals surface area contributed by atoms with Crippen LogP contribution in [0.2, 0.25) is 0 Å². The summed E-state index contributed by atoms with van der Waals surface area (Å²) in [5.41, 5.74) is 16.3. The second kappa shape index (κ2) is 10.9. The predicted molar refractivity (Wildman–Crippen MR) is 202 cm³/mol. The highest BCUT2D eigenvalue weighted by atomic mass is 16.3. The van der Waals surface area contributed by atoms with Crippen LogP contribution in [-0.4, -0.2) is 0 Å². The van der Waals surface area contributed by atoms with Crippen molar-refractivity contribution in [1.82, 2.24) is 0 Å². The van der Waals surface area contributed by atoms with E-state index >= 15 is 0 Å². The summed E-state index contributed by atoms with van der Waals surface area (Å²) < 4.78 is 6.60. The van der Waals surface area contributed by atoms with Gasteiger partial charge in [-0.25, -0.2) is 0 Å². The molecular formula is C46H35NO. The van der Waals surface area contributed by atoms with Crippen LogP contribution >= 0.6 is 0 Å². The van der Waals surface area contributed by atoms with Gasteiger partial charge in [0, 0.05) is 38.7 Å². The third-order valence-corrected chi connectivity index (χ3v) is 10.2. The predicted octanol–water partition coefficient (Wildman–Crippen LogP) is 13.0. The molecule has 0 saturated heterocycles. The van der Waals surface area contributed by atoms with Crippen molar-refractivity contribution in [2.45, 2.75) is 26.2 Å². The molecule has 230 valence electrons. The van der Waals surface area contributed by atoms with Gasteiger partial charge in [0.1, 0.15) is 11.2 Å². The van der Waals surface area contributed by atoms with E-state index in [2.05, 4.69) is 183 Å². The van der Waals surface area contributed by atoms with Crippen molar-refractivity contribution in [3.05, 3.63) is 174 Å². The first-order chi connectivity index (χ1) is 23.5. The number of hydrogen-bond donors (Lipinski definition) is 0. The van der Waals surface area contributed by atoms with Gasteiger partial charge in [0.2, 0.25) is 0 Å². The molecule has 1 aromatic heterocycles. The molecule has 0 radical (unpaired) electrons. The zero-order valence-corrected chi connectivity index (χ0v) is 27.4. The highest BCUT2D eigenvalue weighted by Gasteiger charge is 2.37. The van der Waals surface area contributed by atoms with Crippen LogP contribution in [0, 0.1) is 6.92 Å². The van der Waals surface area contributed by atoms with Crippen LogP contribution in [0.3, 0.4) is 0 Å². The minimum atomic E-state index is -0.0955. The maximum Gasteiger partial charge on any atom is 0.143 e. The number of nitrogens with zero attached hydrogens (tertiary/aromatic N) is 1. The molecule has 48 heavy (non-hydrogen) atoms. The summed E-state index contributed by atoms with van der Waals surface area (Å²) in [5.74, 6) is 0. The van der Waals surface area contributed by atoms with Crippen LogP contribution < -0.4 is 4.90 Å². The van der Waals surface area contributed by atoms with E-state index < -0.39 is 0 Å². The second-order valence-electron chi connectivity index (χ2n) is 13.4. The van der Waals surface area contributed by atoms with E-state index in [1.165, 1.54) is 39.1 Å². The van der Waals surface area contributed by atoms with Gasteiger partial charge in [0.05, 0.1) is 5.69 Å². The quantitative estimate of drug-likeness (QED) is 0.191. The molecule has 7 aromatic carbocycles. The van der Waals surface area contributed by atoms with Crippen molar-refractivity contribution in [2.75, 3.05) is 4.90 Å². The topological polar surface area (TPSA) is 16.4 Å². The first-order valence-corrected chi connectivity index (χ1v) is 16.7. The SMILES string of the molecule is Cc1cccc2c1oc1c(-c3cccc(N(c4ccc(-c5ccccc5)cc4)c4cccc5c4-c4ccccc4C5(C)C)c3)cccc12. The lowest BCUT2D eigenvalue weighted by molar-refractivity contribution is 0.660. The van der Waals surface area contributed by atoms with Crippen LogP contribution in [-0.2, 0) is 5.41 Å². The molecule has 1 aliphatic carbocycles. The van der Waals surface area contributed by atoms with Gasteiger partial charge in [-0.2, -0.15) is 0 Å². The van der Waals surface area contributed by atoms with E-state index in [0.29, 0.717) is 0 Å². The Bertz CT molecular complexity index is 2480. The van der Waals surface area contributed by atoms with Gasteiger partial charge in [-0.1, -0.05) is 141 Å². The number of para-hydroxylation sites is 2. The molecule has 0 spiro atoms. The molecule has 9 rings (SSSR count). The van der Waals surface area contributed by atoms with Crippen LogP contribution in [0.5, 0.6) is 0 Å². The van der Waals surface area contributed by atoms with Crippen molar-refractivity contribution in [2.24, 2.45) is 0 Å². The Labute approximate surface area is 281 Å². The average molecular weight is 618 g/mol. The molecule has 0 aliphatic heterocycles. The van der Waals surface area contributed by atoms with Gasteiger partial charge in [0.25, 0.3) is 0 Å². The van der Waals surface area contributed by atoms with E-state index in [1.807, 2.05) is 0 Å². The summed E-state index contributed by atoms with van der Waals surface area (Å²) in [6.07, 6.45) is 0. The van der Waals surface area contributed by atoms with E-state index in [-0.39, 0.29) is 5.41 Å². The number of rotatable bonds is 5. The van der Waals surface area contributed by atoms with Gasteiger partial charge in [-0.3, -0.25) is 0 Å². The molecule has 0 fully saturated rings. The highest BCUT2D eigenvalue weighted by Crippen LogP contribution is 2.54. The summed E-state index contributed by atoms with van der Waals surface area (Å²) in [6, 6.07) is 57.0. The molecular weight excluding hydrogens is 583 g/mol. The number of aryl methyl sites for hydroxylation is 1. The van der Waals surface area contributed by atoms with Gasteiger partial charge in [0.15, 0.2) is 0 Å². The first kappa shape index (κ1) is 28.4. The van der Waals surface area contributed by atoms with E-state index in [0.717, 1.165) is 50.0 Å². The Balaban J connectivity index is 1.26. The number of hydrogen-bond acceptors (Lipinski definition) is 2. The molecule has 1 heterocycles. The van der Waals surface area contributed by atoms with E-state index in [9.17, 15) is 0 Å². The fraction of sp³-hybridized carbons (Fsp3) is 0.0870. The van der Waals surface area contributed by atoms with Crippen molar-refractivity contribution in [3.63, 3.8) is 0 Å². The molecule has 0 saturated carbocycles. The molecule has 0 bridgehead atoms. The Morgan fingerprint density at radius 1 is 0.479 bits per heavy atom. The molecule has 0 N–H and O–H groups in total. The van der Waals surface area contributed by atoms with Crippen molar-refractivity contribution >= 4 is 39.0 Å². The largest absolute Gasteiger partial charge is 0.455 e. The number of benzene rings is 7. The number of anilines is 3. The van der Waals surface area contributed by atoms with Crippen molar-refractivity contribution in [3.8, 4) is 33.4 Å². The Kier molecular flexibility index (Phi) is 6.42. The van der Waals surface area contributed by atoms with Gasteiger partial charge >= 0.3 is 0 Å². The van der Waals surface area contributed by atoms with Crippen LogP contribution in [0.25, 0.3) is 55.3 Å². The standard InChI is InChI=1S/C46H35NO/c1-30-13-9-20-37-38-21-11-19-36(45(38)48-44(30)37)33-16-10-17-35(29-33)47(34-27-25-32(26-28-34)31-14-5-4-6-15-31)42-24-12-23-41-43(42)39-18-7-8-22-40(39)46(41,2)3/h4-29H,1-3H3. The number of fused-ring (bicyclic) bond motifs is 6. The minimum Gasteiger partial charge on any atom is -0.455 e. The lowest BCUT2D eigenvalue weighted by Crippen LogP contribution is -2.16. The smallest absolute Gasteiger partial charge is 0.143 e. The molecule has 0 amide bonds. The summed E-state index contributed by atoms with van der Waals surface area (Å²) in [7, 11) is 0. The van der Waals surface area contributed by atoms with Crippen molar-refractivity contribution in [1.29, 1.82) is 0 Å². The molecule has 0 atom stereocenters. The summed E-state index contributed by atoms with van der Waals surface area (Å²) in [4.78, 5) is 2.43. The van der Waals surface area contributed by atoms with Crippen LogP contribution in [0.15, 0.2) is 162 Å². The van der Waals surface area contributed by atoms with Crippen LogP contribution in [0.4, 0.5) is 17.1 Å².